The van der Waals surface area contributed by atoms with Crippen LogP contribution in [-0.2, 0) is 13.6 Å². The largest absolute Gasteiger partial charge is 0.337 e. The predicted molar refractivity (Wildman–Crippen MR) is 52.3 cm³/mol. The second kappa shape index (κ2) is 3.92. The molecule has 0 atom stereocenters. The van der Waals surface area contributed by atoms with Crippen molar-refractivity contribution in [3.05, 3.63) is 30.1 Å². The smallest absolute Gasteiger partial charge is 0.110 e. The van der Waals surface area contributed by atoms with Gasteiger partial charge >= 0.3 is 0 Å². The Morgan fingerprint density at radius 3 is 3.07 bits per heavy atom. The Morgan fingerprint density at radius 1 is 1.57 bits per heavy atom. The summed E-state index contributed by atoms with van der Waals surface area (Å²) in [6.07, 6.45) is 6.07. The van der Waals surface area contributed by atoms with E-state index >= 15 is 0 Å². The van der Waals surface area contributed by atoms with Crippen LogP contribution >= 0.6 is 0 Å². The van der Waals surface area contributed by atoms with Crippen LogP contribution in [0.2, 0.25) is 0 Å². The molecule has 0 bridgehead atoms. The topological polar surface area (TPSA) is 21.1 Å². The molecule has 2 rings (SSSR count). The third kappa shape index (κ3) is 2.01. The number of hydrogen-bond acceptors (Lipinski definition) is 2. The SMILES string of the molecule is Cn1cncc1CN1CCC=C(F)C1. The van der Waals surface area contributed by atoms with E-state index < -0.39 is 0 Å². The molecule has 0 spiro atoms. The zero-order chi connectivity index (χ0) is 9.97. The molecule has 0 aliphatic carbocycles. The van der Waals surface area contributed by atoms with Crippen molar-refractivity contribution >= 4 is 0 Å². The second-order valence-electron chi connectivity index (χ2n) is 3.65. The van der Waals surface area contributed by atoms with Crippen LogP contribution in [0.5, 0.6) is 0 Å². The molecule has 0 fully saturated rings. The van der Waals surface area contributed by atoms with Gasteiger partial charge in [-0.15, -0.1) is 0 Å². The first kappa shape index (κ1) is 9.40. The van der Waals surface area contributed by atoms with Gasteiger partial charge in [-0.25, -0.2) is 9.37 Å². The zero-order valence-electron chi connectivity index (χ0n) is 8.28. The van der Waals surface area contributed by atoms with Gasteiger partial charge in [-0.3, -0.25) is 4.90 Å². The molecule has 0 unspecified atom stereocenters. The van der Waals surface area contributed by atoms with Gasteiger partial charge in [-0.1, -0.05) is 6.08 Å². The Bertz CT molecular complexity index is 343. The van der Waals surface area contributed by atoms with Crippen LogP contribution in [0.3, 0.4) is 0 Å². The molecule has 0 aromatic carbocycles. The van der Waals surface area contributed by atoms with Crippen LogP contribution in [0, 0.1) is 0 Å². The molecule has 0 amide bonds. The van der Waals surface area contributed by atoms with Crippen molar-refractivity contribution in [2.75, 3.05) is 13.1 Å². The van der Waals surface area contributed by atoms with Crippen molar-refractivity contribution in [1.29, 1.82) is 0 Å². The molecule has 0 radical (unpaired) electrons. The number of aromatic nitrogens is 2. The van der Waals surface area contributed by atoms with E-state index in [-0.39, 0.29) is 5.83 Å². The Hall–Kier alpha value is -1.16. The zero-order valence-corrected chi connectivity index (χ0v) is 8.28. The first-order chi connectivity index (χ1) is 6.75. The van der Waals surface area contributed by atoms with Crippen molar-refractivity contribution < 1.29 is 4.39 Å². The van der Waals surface area contributed by atoms with E-state index in [2.05, 4.69) is 9.88 Å². The number of imidazole rings is 1. The summed E-state index contributed by atoms with van der Waals surface area (Å²) in [5, 5.41) is 0. The van der Waals surface area contributed by atoms with Crippen LogP contribution in [0.1, 0.15) is 12.1 Å². The minimum absolute atomic E-state index is 0.0154. The summed E-state index contributed by atoms with van der Waals surface area (Å²) >= 11 is 0. The molecule has 1 aliphatic heterocycles. The number of nitrogens with zero attached hydrogens (tertiary/aromatic N) is 3. The van der Waals surface area contributed by atoms with Gasteiger partial charge in [-0.05, 0) is 6.42 Å². The van der Waals surface area contributed by atoms with E-state index in [4.69, 9.17) is 0 Å². The van der Waals surface area contributed by atoms with Gasteiger partial charge in [0.1, 0.15) is 5.83 Å². The summed E-state index contributed by atoms with van der Waals surface area (Å²) in [6, 6.07) is 0. The first-order valence-corrected chi connectivity index (χ1v) is 4.78. The van der Waals surface area contributed by atoms with Crippen LogP contribution < -0.4 is 0 Å². The highest BCUT2D eigenvalue weighted by molar-refractivity contribution is 5.03. The molecule has 1 aromatic rings. The Kier molecular flexibility index (Phi) is 2.63. The van der Waals surface area contributed by atoms with Crippen LogP contribution in [-0.4, -0.2) is 27.5 Å². The summed E-state index contributed by atoms with van der Waals surface area (Å²) < 4.78 is 14.9. The quantitative estimate of drug-likeness (QED) is 0.712. The fourth-order valence-corrected chi connectivity index (χ4v) is 1.66. The van der Waals surface area contributed by atoms with E-state index in [0.29, 0.717) is 6.54 Å². The Balaban J connectivity index is 1.99. The van der Waals surface area contributed by atoms with Gasteiger partial charge in [-0.2, -0.15) is 0 Å². The maximum absolute atomic E-state index is 13.0. The van der Waals surface area contributed by atoms with Gasteiger partial charge in [0.25, 0.3) is 0 Å². The predicted octanol–water partition coefficient (Wildman–Crippen LogP) is 1.48. The van der Waals surface area contributed by atoms with Gasteiger partial charge in [0.2, 0.25) is 0 Å². The van der Waals surface area contributed by atoms with Crippen LogP contribution in [0.25, 0.3) is 0 Å². The Labute approximate surface area is 82.9 Å². The van der Waals surface area contributed by atoms with E-state index in [1.807, 2.05) is 17.8 Å². The highest BCUT2D eigenvalue weighted by atomic mass is 19.1. The monoisotopic (exact) mass is 195 g/mol. The van der Waals surface area contributed by atoms with Crippen LogP contribution in [0.4, 0.5) is 4.39 Å². The van der Waals surface area contributed by atoms with Crippen LogP contribution in [0.15, 0.2) is 24.4 Å². The maximum Gasteiger partial charge on any atom is 0.110 e. The second-order valence-corrected chi connectivity index (χ2v) is 3.65. The maximum atomic E-state index is 13.0. The average molecular weight is 195 g/mol. The third-order valence-corrected chi connectivity index (χ3v) is 2.49. The highest BCUT2D eigenvalue weighted by Crippen LogP contribution is 2.13. The molecule has 1 aromatic heterocycles. The summed E-state index contributed by atoms with van der Waals surface area (Å²) in [4.78, 5) is 6.12. The van der Waals surface area contributed by atoms with Crippen molar-refractivity contribution in [2.24, 2.45) is 7.05 Å². The number of rotatable bonds is 2. The molecule has 0 N–H and O–H groups in total. The molecule has 2 heterocycles. The molecule has 4 heteroatoms. The minimum Gasteiger partial charge on any atom is -0.337 e. The van der Waals surface area contributed by atoms with Gasteiger partial charge in [0, 0.05) is 26.3 Å². The molecular formula is C10H14FN3. The van der Waals surface area contributed by atoms with Crippen molar-refractivity contribution in [3.63, 3.8) is 0 Å². The fraction of sp³-hybridized carbons (Fsp3) is 0.500. The molecule has 1 aliphatic rings. The molecule has 14 heavy (non-hydrogen) atoms. The molecule has 0 saturated heterocycles. The lowest BCUT2D eigenvalue weighted by Gasteiger charge is -2.23. The lowest BCUT2D eigenvalue weighted by Crippen LogP contribution is -2.29. The average Bonchev–Trinajstić information content (AvgIpc) is 2.52. The van der Waals surface area contributed by atoms with Crippen molar-refractivity contribution in [1.82, 2.24) is 14.5 Å². The lowest BCUT2D eigenvalue weighted by atomic mass is 10.2. The van der Waals surface area contributed by atoms with E-state index in [1.165, 1.54) is 0 Å². The molecule has 0 saturated carbocycles. The summed E-state index contributed by atoms with van der Waals surface area (Å²) in [5.74, 6) is -0.0154. The first-order valence-electron chi connectivity index (χ1n) is 4.78. The summed E-state index contributed by atoms with van der Waals surface area (Å²) in [6.45, 7) is 2.14. The molecule has 76 valence electrons. The fourth-order valence-electron chi connectivity index (χ4n) is 1.66. The standard InChI is InChI=1S/C10H14FN3/c1-13-8-12-5-10(13)7-14-4-2-3-9(11)6-14/h3,5,8H,2,4,6-7H2,1H3. The third-order valence-electron chi connectivity index (χ3n) is 2.49. The summed E-state index contributed by atoms with van der Waals surface area (Å²) in [5.41, 5.74) is 1.12. The van der Waals surface area contributed by atoms with Crippen molar-refractivity contribution in [3.8, 4) is 0 Å². The lowest BCUT2D eigenvalue weighted by molar-refractivity contribution is 0.254. The van der Waals surface area contributed by atoms with Crippen molar-refractivity contribution in [2.45, 2.75) is 13.0 Å². The normalized spacial score (nSPS) is 18.3. The minimum atomic E-state index is -0.0154. The van der Waals surface area contributed by atoms with E-state index in [9.17, 15) is 4.39 Å². The number of hydrogen-bond donors (Lipinski definition) is 0. The number of aryl methyl sites for hydroxylation is 1. The molecular weight excluding hydrogens is 181 g/mol. The Morgan fingerprint density at radius 2 is 2.43 bits per heavy atom. The van der Waals surface area contributed by atoms with E-state index in [1.54, 1.807) is 12.4 Å². The van der Waals surface area contributed by atoms with Gasteiger partial charge in [0.05, 0.1) is 18.6 Å². The summed E-state index contributed by atoms with van der Waals surface area (Å²) in [7, 11) is 1.96. The highest BCUT2D eigenvalue weighted by Gasteiger charge is 2.13. The van der Waals surface area contributed by atoms with Gasteiger partial charge in [0.15, 0.2) is 0 Å². The molecule has 3 nitrogen and oxygen atoms in total. The van der Waals surface area contributed by atoms with E-state index in [0.717, 1.165) is 25.2 Å². The number of halogens is 1. The van der Waals surface area contributed by atoms with Gasteiger partial charge < -0.3 is 4.57 Å².